The summed E-state index contributed by atoms with van der Waals surface area (Å²) in [7, 11) is 0. The second-order valence-electron chi connectivity index (χ2n) is 7.74. The molecule has 0 aliphatic rings. The molecule has 0 fully saturated rings. The Bertz CT molecular complexity index is 862. The minimum atomic E-state index is -0.539. The summed E-state index contributed by atoms with van der Waals surface area (Å²) in [6.45, 7) is 6.89. The van der Waals surface area contributed by atoms with Gasteiger partial charge in [0.2, 0.25) is 11.8 Å². The smallest absolute Gasteiger partial charge is 0.242 e. The largest absolute Gasteiger partial charge is 0.354 e. The van der Waals surface area contributed by atoms with Gasteiger partial charge >= 0.3 is 0 Å². The molecular formula is C24H30Cl2N2O2S. The van der Waals surface area contributed by atoms with Gasteiger partial charge in [-0.3, -0.25) is 9.59 Å². The molecule has 0 unspecified atom stereocenters. The molecule has 0 saturated heterocycles. The van der Waals surface area contributed by atoms with Crippen molar-refractivity contribution in [3.8, 4) is 0 Å². The first-order chi connectivity index (χ1) is 14.8. The van der Waals surface area contributed by atoms with E-state index in [0.717, 1.165) is 10.5 Å². The van der Waals surface area contributed by atoms with Crippen molar-refractivity contribution < 1.29 is 9.59 Å². The summed E-state index contributed by atoms with van der Waals surface area (Å²) in [5.41, 5.74) is 0.841. The van der Waals surface area contributed by atoms with Gasteiger partial charge in [0.05, 0.1) is 10.0 Å². The van der Waals surface area contributed by atoms with E-state index < -0.39 is 6.04 Å². The maximum absolute atomic E-state index is 13.2. The lowest BCUT2D eigenvalue weighted by Gasteiger charge is -2.31. The number of benzene rings is 2. The van der Waals surface area contributed by atoms with E-state index in [-0.39, 0.29) is 11.8 Å². The van der Waals surface area contributed by atoms with Gasteiger partial charge in [-0.15, -0.1) is 11.8 Å². The van der Waals surface area contributed by atoms with Crippen LogP contribution in [0, 0.1) is 5.92 Å². The molecule has 2 amide bonds. The highest BCUT2D eigenvalue weighted by molar-refractivity contribution is 7.99. The summed E-state index contributed by atoms with van der Waals surface area (Å²) >= 11 is 13.8. The summed E-state index contributed by atoms with van der Waals surface area (Å²) in [4.78, 5) is 28.9. The Balaban J connectivity index is 2.15. The monoisotopic (exact) mass is 480 g/mol. The number of carbonyl (C=O) groups excluding carboxylic acids is 2. The van der Waals surface area contributed by atoms with Crippen molar-refractivity contribution in [2.45, 2.75) is 51.1 Å². The van der Waals surface area contributed by atoms with Crippen molar-refractivity contribution in [1.82, 2.24) is 10.2 Å². The number of halogens is 2. The Morgan fingerprint density at radius 1 is 1.06 bits per heavy atom. The molecule has 0 saturated carbocycles. The molecule has 0 aliphatic carbocycles. The molecule has 2 aromatic rings. The Hall–Kier alpha value is -1.69. The Kier molecular flexibility index (Phi) is 10.7. The minimum absolute atomic E-state index is 0.0546. The number of hydrogen-bond acceptors (Lipinski definition) is 3. The first kappa shape index (κ1) is 25.6. The molecule has 4 nitrogen and oxygen atoms in total. The molecule has 0 spiro atoms. The average Bonchev–Trinajstić information content (AvgIpc) is 2.75. The second kappa shape index (κ2) is 13.0. The van der Waals surface area contributed by atoms with Gasteiger partial charge in [-0.05, 0) is 42.2 Å². The first-order valence-electron chi connectivity index (χ1n) is 10.5. The van der Waals surface area contributed by atoms with Crippen molar-refractivity contribution in [1.29, 1.82) is 0 Å². The standard InChI is InChI=1S/C24H30Cl2N2O2S/c1-4-22(24(30)27-15-17(2)3)28(16-18-10-11-20(25)21(26)14-18)23(29)12-13-31-19-8-6-5-7-9-19/h5-11,14,17,22H,4,12-13,15-16H2,1-3H3,(H,27,30)/t22-/m1/s1. The number of nitrogens with zero attached hydrogens (tertiary/aromatic N) is 1. The van der Waals surface area contributed by atoms with Crippen LogP contribution in [0.2, 0.25) is 10.0 Å². The maximum Gasteiger partial charge on any atom is 0.242 e. The first-order valence-corrected chi connectivity index (χ1v) is 12.2. The highest BCUT2D eigenvalue weighted by atomic mass is 35.5. The SMILES string of the molecule is CC[C@H](C(=O)NCC(C)C)N(Cc1ccc(Cl)c(Cl)c1)C(=O)CCSc1ccccc1. The molecule has 1 atom stereocenters. The van der Waals surface area contributed by atoms with Crippen LogP contribution in [0.25, 0.3) is 0 Å². The maximum atomic E-state index is 13.2. The van der Waals surface area contributed by atoms with Gasteiger partial charge in [-0.25, -0.2) is 0 Å². The quantitative estimate of drug-likeness (QED) is 0.397. The summed E-state index contributed by atoms with van der Waals surface area (Å²) < 4.78 is 0. The van der Waals surface area contributed by atoms with Crippen LogP contribution >= 0.6 is 35.0 Å². The molecule has 31 heavy (non-hydrogen) atoms. The van der Waals surface area contributed by atoms with Crippen molar-refractivity contribution in [3.63, 3.8) is 0 Å². The van der Waals surface area contributed by atoms with Gasteiger partial charge < -0.3 is 10.2 Å². The van der Waals surface area contributed by atoms with E-state index in [0.29, 0.717) is 47.6 Å². The Morgan fingerprint density at radius 2 is 1.77 bits per heavy atom. The average molecular weight is 481 g/mol. The zero-order valence-electron chi connectivity index (χ0n) is 18.2. The van der Waals surface area contributed by atoms with Crippen LogP contribution < -0.4 is 5.32 Å². The molecule has 0 heterocycles. The topological polar surface area (TPSA) is 49.4 Å². The van der Waals surface area contributed by atoms with Crippen molar-refractivity contribution in [3.05, 3.63) is 64.1 Å². The van der Waals surface area contributed by atoms with Crippen LogP contribution in [0.15, 0.2) is 53.4 Å². The van der Waals surface area contributed by atoms with Gasteiger partial charge in [0.1, 0.15) is 6.04 Å². The van der Waals surface area contributed by atoms with E-state index in [1.54, 1.807) is 28.8 Å². The fourth-order valence-electron chi connectivity index (χ4n) is 3.09. The van der Waals surface area contributed by atoms with Crippen LogP contribution in [0.4, 0.5) is 0 Å². The number of amides is 2. The Labute approximate surface area is 199 Å². The van der Waals surface area contributed by atoms with Crippen molar-refractivity contribution in [2.75, 3.05) is 12.3 Å². The third-order valence-corrected chi connectivity index (χ3v) is 6.49. The van der Waals surface area contributed by atoms with Gasteiger partial charge in [-0.2, -0.15) is 0 Å². The summed E-state index contributed by atoms with van der Waals surface area (Å²) in [5.74, 6) is 0.800. The molecule has 0 bridgehead atoms. The molecule has 168 valence electrons. The summed E-state index contributed by atoms with van der Waals surface area (Å²) in [6, 6.07) is 14.7. The Morgan fingerprint density at radius 3 is 2.39 bits per heavy atom. The van der Waals surface area contributed by atoms with Crippen molar-refractivity contribution in [2.24, 2.45) is 5.92 Å². The normalized spacial score (nSPS) is 11.9. The number of carbonyl (C=O) groups is 2. The number of hydrogen-bond donors (Lipinski definition) is 1. The lowest BCUT2D eigenvalue weighted by atomic mass is 10.1. The van der Waals surface area contributed by atoms with Gasteiger partial charge in [0.15, 0.2) is 0 Å². The van der Waals surface area contributed by atoms with E-state index in [4.69, 9.17) is 23.2 Å². The molecule has 7 heteroatoms. The highest BCUT2D eigenvalue weighted by Gasteiger charge is 2.28. The van der Waals surface area contributed by atoms with Crippen LogP contribution in [-0.4, -0.2) is 35.1 Å². The van der Waals surface area contributed by atoms with Crippen LogP contribution in [0.5, 0.6) is 0 Å². The fourth-order valence-corrected chi connectivity index (χ4v) is 4.28. The minimum Gasteiger partial charge on any atom is -0.354 e. The molecular weight excluding hydrogens is 451 g/mol. The van der Waals surface area contributed by atoms with Gasteiger partial charge in [-0.1, -0.05) is 68.2 Å². The van der Waals surface area contributed by atoms with Crippen molar-refractivity contribution >= 4 is 46.8 Å². The summed E-state index contributed by atoms with van der Waals surface area (Å²) in [5, 5.41) is 3.87. The third kappa shape index (κ3) is 8.40. The predicted molar refractivity (Wildman–Crippen MR) is 131 cm³/mol. The molecule has 1 N–H and O–H groups in total. The van der Waals surface area contributed by atoms with Crippen LogP contribution in [-0.2, 0) is 16.1 Å². The van der Waals surface area contributed by atoms with E-state index >= 15 is 0 Å². The van der Waals surface area contributed by atoms with E-state index in [1.807, 2.05) is 57.2 Å². The molecule has 0 aromatic heterocycles. The fraction of sp³-hybridized carbons (Fsp3) is 0.417. The van der Waals surface area contributed by atoms with E-state index in [9.17, 15) is 9.59 Å². The summed E-state index contributed by atoms with van der Waals surface area (Å²) in [6.07, 6.45) is 0.873. The molecule has 0 radical (unpaired) electrons. The zero-order valence-corrected chi connectivity index (χ0v) is 20.6. The van der Waals surface area contributed by atoms with E-state index in [2.05, 4.69) is 5.32 Å². The third-order valence-electron chi connectivity index (χ3n) is 4.74. The second-order valence-corrected chi connectivity index (χ2v) is 9.73. The lowest BCUT2D eigenvalue weighted by Crippen LogP contribution is -2.49. The van der Waals surface area contributed by atoms with Crippen LogP contribution in [0.3, 0.4) is 0 Å². The van der Waals surface area contributed by atoms with Crippen LogP contribution in [0.1, 0.15) is 39.2 Å². The van der Waals surface area contributed by atoms with Gasteiger partial charge in [0, 0.05) is 30.2 Å². The zero-order chi connectivity index (χ0) is 22.8. The highest BCUT2D eigenvalue weighted by Crippen LogP contribution is 2.25. The van der Waals surface area contributed by atoms with E-state index in [1.165, 1.54) is 0 Å². The molecule has 2 aromatic carbocycles. The molecule has 0 aliphatic heterocycles. The molecule has 2 rings (SSSR count). The number of rotatable bonds is 11. The number of nitrogens with one attached hydrogen (secondary N) is 1. The lowest BCUT2D eigenvalue weighted by molar-refractivity contribution is -0.141. The number of thioether (sulfide) groups is 1. The van der Waals surface area contributed by atoms with Gasteiger partial charge in [0.25, 0.3) is 0 Å². The predicted octanol–water partition coefficient (Wildman–Crippen LogP) is 6.06.